The van der Waals surface area contributed by atoms with Crippen LogP contribution in [-0.2, 0) is 20.8 Å². The summed E-state index contributed by atoms with van der Waals surface area (Å²) in [4.78, 5) is 32.9. The molecule has 0 aliphatic carbocycles. The van der Waals surface area contributed by atoms with Crippen molar-refractivity contribution in [2.24, 2.45) is 5.16 Å². The maximum Gasteiger partial charge on any atom is 0.338 e. The number of carbonyl (C=O) groups excluding carboxylic acids is 2. The van der Waals surface area contributed by atoms with Gasteiger partial charge in [0.05, 0.1) is 17.9 Å². The van der Waals surface area contributed by atoms with Crippen LogP contribution in [0.25, 0.3) is 0 Å². The van der Waals surface area contributed by atoms with E-state index in [-0.39, 0.29) is 24.5 Å². The van der Waals surface area contributed by atoms with E-state index in [1.807, 2.05) is 43.0 Å². The average molecular weight is 453 g/mol. The zero-order valence-corrected chi connectivity index (χ0v) is 20.1. The molecular weight excluding hydrogens is 416 g/mol. The second-order valence-corrected chi connectivity index (χ2v) is 8.96. The molecule has 0 bridgehead atoms. The second-order valence-electron chi connectivity index (χ2n) is 8.96. The van der Waals surface area contributed by atoms with Crippen molar-refractivity contribution >= 4 is 17.6 Å². The molecule has 178 valence electrons. The lowest BCUT2D eigenvalue weighted by molar-refractivity contribution is -0.139. The number of fused-ring (bicyclic) bond motifs is 1. The molecule has 0 radical (unpaired) electrons. The van der Waals surface area contributed by atoms with Gasteiger partial charge in [-0.3, -0.25) is 4.79 Å². The van der Waals surface area contributed by atoms with Crippen molar-refractivity contribution in [2.75, 3.05) is 19.8 Å². The van der Waals surface area contributed by atoms with Gasteiger partial charge in [0.2, 0.25) is 0 Å². The van der Waals surface area contributed by atoms with Gasteiger partial charge < -0.3 is 14.5 Å². The Bertz CT molecular complexity index is 932. The van der Waals surface area contributed by atoms with E-state index in [9.17, 15) is 9.59 Å². The molecular formula is C27H36N2O4. The summed E-state index contributed by atoms with van der Waals surface area (Å²) in [7, 11) is 0. The number of cyclic esters (lactones) is 1. The molecule has 2 aliphatic heterocycles. The average Bonchev–Trinajstić information content (AvgIpc) is 2.77. The van der Waals surface area contributed by atoms with E-state index in [0.29, 0.717) is 30.7 Å². The third kappa shape index (κ3) is 7.31. The van der Waals surface area contributed by atoms with Gasteiger partial charge in [0.25, 0.3) is 5.91 Å². The number of hydrogen-bond acceptors (Lipinski definition) is 5. The van der Waals surface area contributed by atoms with Crippen molar-refractivity contribution in [1.29, 1.82) is 0 Å². The van der Waals surface area contributed by atoms with Gasteiger partial charge in [-0.1, -0.05) is 41.1 Å². The van der Waals surface area contributed by atoms with Crippen molar-refractivity contribution in [3.05, 3.63) is 58.7 Å². The van der Waals surface area contributed by atoms with Gasteiger partial charge in [-0.05, 0) is 76.5 Å². The van der Waals surface area contributed by atoms with E-state index >= 15 is 0 Å². The molecule has 1 aromatic carbocycles. The van der Waals surface area contributed by atoms with Crippen LogP contribution >= 0.6 is 0 Å². The fourth-order valence-corrected chi connectivity index (χ4v) is 4.47. The number of esters is 1. The predicted molar refractivity (Wildman–Crippen MR) is 130 cm³/mol. The number of amides is 1. The first-order valence-corrected chi connectivity index (χ1v) is 12.0. The molecule has 0 N–H and O–H groups in total. The summed E-state index contributed by atoms with van der Waals surface area (Å²) in [6.45, 7) is 7.08. The number of allylic oxidation sites excluding steroid dienone is 3. The van der Waals surface area contributed by atoms with Crippen molar-refractivity contribution in [1.82, 2.24) is 4.90 Å². The Labute approximate surface area is 197 Å². The van der Waals surface area contributed by atoms with Crippen LogP contribution in [0.1, 0.15) is 72.5 Å². The first-order chi connectivity index (χ1) is 16.0. The van der Waals surface area contributed by atoms with Crippen LogP contribution in [0.4, 0.5) is 0 Å². The summed E-state index contributed by atoms with van der Waals surface area (Å²) in [5, 5.41) is 4.31. The SMILES string of the molecule is Cc1cc(C)c2c(c1)CC(=N/OCC(=O)N1CCCCC1C)/C=C/CC/C=C/CCOC2=O. The number of benzene rings is 1. The number of nitrogens with zero attached hydrogens (tertiary/aromatic N) is 2. The molecule has 33 heavy (non-hydrogen) atoms. The zero-order valence-electron chi connectivity index (χ0n) is 20.1. The van der Waals surface area contributed by atoms with E-state index in [4.69, 9.17) is 9.57 Å². The third-order valence-electron chi connectivity index (χ3n) is 6.12. The minimum Gasteiger partial charge on any atom is -0.462 e. The van der Waals surface area contributed by atoms with Crippen molar-refractivity contribution in [3.8, 4) is 0 Å². The Morgan fingerprint density at radius 3 is 2.76 bits per heavy atom. The number of carbonyl (C=O) groups is 2. The number of piperidine rings is 1. The Morgan fingerprint density at radius 1 is 1.15 bits per heavy atom. The summed E-state index contributed by atoms with van der Waals surface area (Å²) in [5.41, 5.74) is 4.07. The summed E-state index contributed by atoms with van der Waals surface area (Å²) in [6.07, 6.45) is 14.3. The van der Waals surface area contributed by atoms with E-state index in [0.717, 1.165) is 55.3 Å². The highest BCUT2D eigenvalue weighted by atomic mass is 16.6. The molecule has 1 amide bonds. The van der Waals surface area contributed by atoms with Gasteiger partial charge in [0.15, 0.2) is 6.61 Å². The van der Waals surface area contributed by atoms with Crippen LogP contribution in [0.3, 0.4) is 0 Å². The number of hydrogen-bond donors (Lipinski definition) is 0. The quantitative estimate of drug-likeness (QED) is 0.365. The van der Waals surface area contributed by atoms with Gasteiger partial charge in [-0.2, -0.15) is 0 Å². The van der Waals surface area contributed by atoms with E-state index < -0.39 is 0 Å². The molecule has 1 fully saturated rings. The molecule has 0 saturated carbocycles. The van der Waals surface area contributed by atoms with Gasteiger partial charge in [-0.15, -0.1) is 0 Å². The van der Waals surface area contributed by atoms with Gasteiger partial charge in [0, 0.05) is 19.0 Å². The largest absolute Gasteiger partial charge is 0.462 e. The summed E-state index contributed by atoms with van der Waals surface area (Å²) >= 11 is 0. The molecule has 6 heteroatoms. The maximum atomic E-state index is 12.8. The third-order valence-corrected chi connectivity index (χ3v) is 6.12. The highest BCUT2D eigenvalue weighted by molar-refractivity contribution is 6.00. The summed E-state index contributed by atoms with van der Waals surface area (Å²) in [5.74, 6) is -0.344. The number of ether oxygens (including phenoxy) is 1. The minimum atomic E-state index is -0.313. The lowest BCUT2D eigenvalue weighted by Gasteiger charge is -2.32. The molecule has 2 heterocycles. The van der Waals surface area contributed by atoms with Gasteiger partial charge >= 0.3 is 5.97 Å². The smallest absolute Gasteiger partial charge is 0.338 e. The number of rotatable bonds is 3. The van der Waals surface area contributed by atoms with Crippen LogP contribution in [0, 0.1) is 13.8 Å². The van der Waals surface area contributed by atoms with E-state index in [1.54, 1.807) is 0 Å². The Balaban J connectivity index is 1.81. The highest BCUT2D eigenvalue weighted by Crippen LogP contribution is 2.21. The first kappa shape index (κ1) is 24.7. The normalized spacial score (nSPS) is 23.2. The topological polar surface area (TPSA) is 68.2 Å². The molecule has 2 aliphatic rings. The summed E-state index contributed by atoms with van der Waals surface area (Å²) < 4.78 is 5.53. The monoisotopic (exact) mass is 452 g/mol. The second kappa shape index (κ2) is 12.4. The van der Waals surface area contributed by atoms with Gasteiger partial charge in [-0.25, -0.2) is 4.79 Å². The minimum absolute atomic E-state index is 0.0303. The highest BCUT2D eigenvalue weighted by Gasteiger charge is 2.23. The molecule has 1 unspecified atom stereocenters. The molecule has 1 aromatic rings. The van der Waals surface area contributed by atoms with Crippen molar-refractivity contribution in [2.45, 2.75) is 71.8 Å². The molecule has 0 spiro atoms. The van der Waals surface area contributed by atoms with Crippen molar-refractivity contribution in [3.63, 3.8) is 0 Å². The van der Waals surface area contributed by atoms with Crippen LogP contribution in [0.5, 0.6) is 0 Å². The fourth-order valence-electron chi connectivity index (χ4n) is 4.47. The van der Waals surface area contributed by atoms with Gasteiger partial charge in [0.1, 0.15) is 0 Å². The summed E-state index contributed by atoms with van der Waals surface area (Å²) in [6, 6.07) is 4.23. The van der Waals surface area contributed by atoms with Crippen LogP contribution in [0.15, 0.2) is 41.6 Å². The standard InChI is InChI=1S/C27H36N2O4/c1-20-16-21(2)26-23(17-20)18-24(13-8-6-4-5-7-11-15-32-27(26)31)28-33-19-25(30)29-14-10-9-12-22(29)3/h5,7-8,13,16-17,22H,4,6,9-12,14-15,18-19H2,1-3H3/b7-5+,13-8+,28-24+. The van der Waals surface area contributed by atoms with E-state index in [2.05, 4.69) is 24.2 Å². The molecule has 1 atom stereocenters. The Hall–Kier alpha value is -2.89. The molecule has 1 saturated heterocycles. The lowest BCUT2D eigenvalue weighted by Crippen LogP contribution is -2.43. The molecule has 0 aromatic heterocycles. The number of oxime groups is 1. The van der Waals surface area contributed by atoms with Crippen molar-refractivity contribution < 1.29 is 19.2 Å². The molecule has 3 rings (SSSR count). The van der Waals surface area contributed by atoms with Crippen LogP contribution in [0.2, 0.25) is 0 Å². The zero-order chi connectivity index (χ0) is 23.6. The maximum absolute atomic E-state index is 12.8. The first-order valence-electron chi connectivity index (χ1n) is 12.0. The Kier molecular flexibility index (Phi) is 9.28. The van der Waals surface area contributed by atoms with E-state index in [1.165, 1.54) is 0 Å². The van der Waals surface area contributed by atoms with Crippen LogP contribution in [-0.4, -0.2) is 48.3 Å². The van der Waals surface area contributed by atoms with Crippen LogP contribution < -0.4 is 0 Å². The number of likely N-dealkylation sites (tertiary alicyclic amines) is 1. The predicted octanol–water partition coefficient (Wildman–Crippen LogP) is 5.07. The number of aryl methyl sites for hydroxylation is 2. The Morgan fingerprint density at radius 2 is 1.94 bits per heavy atom. The molecule has 6 nitrogen and oxygen atoms in total. The fraction of sp³-hybridized carbons (Fsp3) is 0.519. The lowest BCUT2D eigenvalue weighted by atomic mass is 9.95.